The molecule has 1 fully saturated rings. The summed E-state index contributed by atoms with van der Waals surface area (Å²) in [6, 6.07) is 5.63. The molecule has 2 rings (SSSR count). The summed E-state index contributed by atoms with van der Waals surface area (Å²) >= 11 is 0. The Morgan fingerprint density at radius 3 is 2.68 bits per heavy atom. The van der Waals surface area contributed by atoms with Crippen LogP contribution in [0.15, 0.2) is 16.5 Å². The Morgan fingerprint density at radius 2 is 2.11 bits per heavy atom. The highest BCUT2D eigenvalue weighted by Gasteiger charge is 2.33. The number of furan rings is 1. The van der Waals surface area contributed by atoms with Gasteiger partial charge in [0.25, 0.3) is 0 Å². The first kappa shape index (κ1) is 14.1. The van der Waals surface area contributed by atoms with Crippen LogP contribution in [-0.2, 0) is 6.54 Å². The molecule has 1 aliphatic rings. The largest absolute Gasteiger partial charge is 0.449 e. The molecule has 0 amide bonds. The van der Waals surface area contributed by atoms with Crippen LogP contribution in [0.4, 0.5) is 0 Å². The standard InChI is InChI=1S/C16H24N2O/c1-13(2)9-16(7-3-4-8-16)12-18-11-15-6-5-14(10-17)19-15/h5-6,13,18H,3-4,7-9,11-12H2,1-2H3. The van der Waals surface area contributed by atoms with Crippen LogP contribution in [0.5, 0.6) is 0 Å². The topological polar surface area (TPSA) is 49.0 Å². The molecule has 0 unspecified atom stereocenters. The number of nitriles is 1. The van der Waals surface area contributed by atoms with E-state index in [9.17, 15) is 0 Å². The monoisotopic (exact) mass is 260 g/mol. The fourth-order valence-corrected chi connectivity index (χ4v) is 3.43. The molecular formula is C16H24N2O. The van der Waals surface area contributed by atoms with Crippen LogP contribution in [0.3, 0.4) is 0 Å². The van der Waals surface area contributed by atoms with Crippen molar-refractivity contribution in [2.75, 3.05) is 6.54 Å². The van der Waals surface area contributed by atoms with Crippen molar-refractivity contribution in [3.63, 3.8) is 0 Å². The van der Waals surface area contributed by atoms with Crippen LogP contribution >= 0.6 is 0 Å². The van der Waals surface area contributed by atoms with Gasteiger partial charge in [-0.1, -0.05) is 26.7 Å². The van der Waals surface area contributed by atoms with Crippen LogP contribution in [0.2, 0.25) is 0 Å². The summed E-state index contributed by atoms with van der Waals surface area (Å²) in [6.07, 6.45) is 6.74. The highest BCUT2D eigenvalue weighted by atomic mass is 16.3. The van der Waals surface area contributed by atoms with Gasteiger partial charge >= 0.3 is 0 Å². The molecule has 0 aliphatic heterocycles. The van der Waals surface area contributed by atoms with Gasteiger partial charge in [0.1, 0.15) is 11.8 Å². The van der Waals surface area contributed by atoms with Crippen LogP contribution in [0.25, 0.3) is 0 Å². The maximum Gasteiger partial charge on any atom is 0.203 e. The summed E-state index contributed by atoms with van der Waals surface area (Å²) in [5.41, 5.74) is 0.485. The molecule has 0 radical (unpaired) electrons. The zero-order valence-corrected chi connectivity index (χ0v) is 12.0. The third-order valence-corrected chi connectivity index (χ3v) is 4.08. The molecule has 1 aromatic heterocycles. The lowest BCUT2D eigenvalue weighted by Gasteiger charge is -2.31. The minimum Gasteiger partial charge on any atom is -0.449 e. The van der Waals surface area contributed by atoms with Crippen molar-refractivity contribution < 1.29 is 4.42 Å². The van der Waals surface area contributed by atoms with Gasteiger partial charge < -0.3 is 9.73 Å². The van der Waals surface area contributed by atoms with Crippen LogP contribution < -0.4 is 5.32 Å². The van der Waals surface area contributed by atoms with Crippen molar-refractivity contribution in [3.05, 3.63) is 23.7 Å². The zero-order valence-electron chi connectivity index (χ0n) is 12.0. The van der Waals surface area contributed by atoms with E-state index in [1.54, 1.807) is 6.07 Å². The third-order valence-electron chi connectivity index (χ3n) is 4.08. The second kappa shape index (κ2) is 6.25. The molecule has 104 valence electrons. The number of hydrogen-bond donors (Lipinski definition) is 1. The van der Waals surface area contributed by atoms with E-state index in [1.165, 1.54) is 32.1 Å². The van der Waals surface area contributed by atoms with Gasteiger partial charge in [0.2, 0.25) is 5.76 Å². The van der Waals surface area contributed by atoms with E-state index >= 15 is 0 Å². The molecular weight excluding hydrogens is 236 g/mol. The molecule has 3 nitrogen and oxygen atoms in total. The smallest absolute Gasteiger partial charge is 0.203 e. The molecule has 1 aliphatic carbocycles. The zero-order chi connectivity index (χ0) is 13.7. The lowest BCUT2D eigenvalue weighted by Crippen LogP contribution is -2.33. The second-order valence-electron chi connectivity index (χ2n) is 6.29. The predicted molar refractivity (Wildman–Crippen MR) is 75.5 cm³/mol. The summed E-state index contributed by atoms with van der Waals surface area (Å²) < 4.78 is 5.39. The first-order valence-electron chi connectivity index (χ1n) is 7.33. The van der Waals surface area contributed by atoms with E-state index in [4.69, 9.17) is 9.68 Å². The Hall–Kier alpha value is -1.27. The molecule has 0 aromatic carbocycles. The minimum atomic E-state index is 0.398. The van der Waals surface area contributed by atoms with Gasteiger partial charge in [-0.05, 0) is 42.7 Å². The highest BCUT2D eigenvalue weighted by Crippen LogP contribution is 2.42. The van der Waals surface area contributed by atoms with Crippen molar-refractivity contribution in [2.45, 2.75) is 52.5 Å². The summed E-state index contributed by atoms with van der Waals surface area (Å²) in [7, 11) is 0. The van der Waals surface area contributed by atoms with Crippen molar-refractivity contribution in [2.24, 2.45) is 11.3 Å². The average Bonchev–Trinajstić information content (AvgIpc) is 2.98. The van der Waals surface area contributed by atoms with E-state index in [2.05, 4.69) is 19.2 Å². The Labute approximate surface area is 116 Å². The molecule has 1 aromatic rings. The van der Waals surface area contributed by atoms with Gasteiger partial charge in [-0.25, -0.2) is 0 Å². The van der Waals surface area contributed by atoms with Crippen molar-refractivity contribution >= 4 is 0 Å². The van der Waals surface area contributed by atoms with Gasteiger partial charge in [-0.15, -0.1) is 0 Å². The summed E-state index contributed by atoms with van der Waals surface area (Å²) in [5, 5.41) is 12.2. The van der Waals surface area contributed by atoms with E-state index in [0.29, 0.717) is 11.2 Å². The third kappa shape index (κ3) is 3.84. The van der Waals surface area contributed by atoms with Gasteiger partial charge in [-0.3, -0.25) is 0 Å². The fourth-order valence-electron chi connectivity index (χ4n) is 3.43. The van der Waals surface area contributed by atoms with Crippen LogP contribution in [0.1, 0.15) is 57.5 Å². The number of nitrogens with zero attached hydrogens (tertiary/aromatic N) is 1. The van der Waals surface area contributed by atoms with Gasteiger partial charge in [0.05, 0.1) is 6.54 Å². The lowest BCUT2D eigenvalue weighted by molar-refractivity contribution is 0.221. The summed E-state index contributed by atoms with van der Waals surface area (Å²) in [4.78, 5) is 0. The number of hydrogen-bond acceptors (Lipinski definition) is 3. The molecule has 1 saturated carbocycles. The predicted octanol–water partition coefficient (Wildman–Crippen LogP) is 3.85. The van der Waals surface area contributed by atoms with Crippen molar-refractivity contribution in [1.82, 2.24) is 5.32 Å². The van der Waals surface area contributed by atoms with Gasteiger partial charge in [0.15, 0.2) is 0 Å². The van der Waals surface area contributed by atoms with Crippen LogP contribution in [0, 0.1) is 22.7 Å². The summed E-state index contributed by atoms with van der Waals surface area (Å²) in [6.45, 7) is 6.41. The van der Waals surface area contributed by atoms with Crippen molar-refractivity contribution in [1.29, 1.82) is 5.26 Å². The van der Waals surface area contributed by atoms with Crippen molar-refractivity contribution in [3.8, 4) is 6.07 Å². The highest BCUT2D eigenvalue weighted by molar-refractivity contribution is 5.18. The molecule has 0 spiro atoms. The number of rotatable bonds is 6. The Kier molecular flexibility index (Phi) is 4.66. The molecule has 19 heavy (non-hydrogen) atoms. The lowest BCUT2D eigenvalue weighted by atomic mass is 9.78. The molecule has 0 atom stereocenters. The van der Waals surface area contributed by atoms with E-state index in [0.717, 1.165) is 24.8 Å². The first-order chi connectivity index (χ1) is 9.13. The second-order valence-corrected chi connectivity index (χ2v) is 6.29. The maximum absolute atomic E-state index is 8.72. The van der Waals surface area contributed by atoms with Crippen LogP contribution in [-0.4, -0.2) is 6.54 Å². The first-order valence-corrected chi connectivity index (χ1v) is 7.33. The molecule has 1 heterocycles. The number of nitrogens with one attached hydrogen (secondary N) is 1. The Morgan fingerprint density at radius 1 is 1.37 bits per heavy atom. The molecule has 0 saturated heterocycles. The minimum absolute atomic E-state index is 0.398. The van der Waals surface area contributed by atoms with E-state index in [1.807, 2.05) is 12.1 Å². The average molecular weight is 260 g/mol. The maximum atomic E-state index is 8.72. The fraction of sp³-hybridized carbons (Fsp3) is 0.688. The Balaban J connectivity index is 1.84. The summed E-state index contributed by atoms with van der Waals surface area (Å²) in [5.74, 6) is 2.01. The van der Waals surface area contributed by atoms with Gasteiger partial charge in [-0.2, -0.15) is 5.26 Å². The molecule has 3 heteroatoms. The normalized spacial score (nSPS) is 17.8. The molecule has 0 bridgehead atoms. The van der Waals surface area contributed by atoms with E-state index < -0.39 is 0 Å². The van der Waals surface area contributed by atoms with E-state index in [-0.39, 0.29) is 0 Å². The Bertz CT molecular complexity index is 436. The molecule has 1 N–H and O–H groups in total. The quantitative estimate of drug-likeness (QED) is 0.845. The SMILES string of the molecule is CC(C)CC1(CNCc2ccc(C#N)o2)CCCC1. The van der Waals surface area contributed by atoms with Gasteiger partial charge in [0, 0.05) is 6.54 Å².